The first-order valence-corrected chi connectivity index (χ1v) is 10.8. The van der Waals surface area contributed by atoms with Gasteiger partial charge in [0, 0.05) is 17.5 Å². The van der Waals surface area contributed by atoms with Gasteiger partial charge in [0.05, 0.1) is 16.3 Å². The number of hydrogen-bond acceptors (Lipinski definition) is 5. The molecule has 0 spiro atoms. The maximum absolute atomic E-state index is 12.5. The number of carbonyl (C=O) groups excluding carboxylic acids is 1. The van der Waals surface area contributed by atoms with E-state index in [9.17, 15) is 13.2 Å². The molecule has 0 radical (unpaired) electrons. The molecule has 0 aliphatic heterocycles. The number of nitrogens with zero attached hydrogens (tertiary/aromatic N) is 2. The molecule has 0 unspecified atom stereocenters. The predicted octanol–water partition coefficient (Wildman–Crippen LogP) is 4.28. The van der Waals surface area contributed by atoms with E-state index < -0.39 is 15.9 Å². The van der Waals surface area contributed by atoms with Gasteiger partial charge in [-0.2, -0.15) is 0 Å². The highest BCUT2D eigenvalue weighted by Crippen LogP contribution is 2.31. The summed E-state index contributed by atoms with van der Waals surface area (Å²) in [5.41, 5.74) is 2.67. The molecule has 0 aliphatic rings. The summed E-state index contributed by atoms with van der Waals surface area (Å²) in [5, 5.41) is 5.31. The van der Waals surface area contributed by atoms with E-state index in [4.69, 9.17) is 0 Å². The van der Waals surface area contributed by atoms with Gasteiger partial charge in [0.15, 0.2) is 9.84 Å². The number of rotatable bonds is 6. The van der Waals surface area contributed by atoms with E-state index in [1.165, 1.54) is 6.07 Å². The first-order valence-electron chi connectivity index (χ1n) is 9.19. The molecule has 0 saturated carbocycles. The molecule has 8 heteroatoms. The normalized spacial score (nSPS) is 11.1. The highest BCUT2D eigenvalue weighted by molar-refractivity contribution is 7.91. The molecule has 150 valence electrons. The summed E-state index contributed by atoms with van der Waals surface area (Å²) in [6.07, 6.45) is 2.06. The Hall–Kier alpha value is -3.26. The summed E-state index contributed by atoms with van der Waals surface area (Å²) in [4.78, 5) is 20.8. The minimum Gasteiger partial charge on any atom is -0.307 e. The van der Waals surface area contributed by atoms with Crippen LogP contribution in [0.4, 0.5) is 16.4 Å². The van der Waals surface area contributed by atoms with Gasteiger partial charge < -0.3 is 5.32 Å². The van der Waals surface area contributed by atoms with Crippen LogP contribution in [0.15, 0.2) is 65.7 Å². The molecule has 1 heterocycles. The lowest BCUT2D eigenvalue weighted by molar-refractivity contribution is 0.262. The molecule has 0 atom stereocenters. The Kier molecular flexibility index (Phi) is 6.23. The summed E-state index contributed by atoms with van der Waals surface area (Å²) in [7, 11) is -3.43. The highest BCUT2D eigenvalue weighted by Gasteiger charge is 2.17. The van der Waals surface area contributed by atoms with Gasteiger partial charge in [-0.1, -0.05) is 43.3 Å². The van der Waals surface area contributed by atoms with Gasteiger partial charge in [-0.05, 0) is 37.1 Å². The van der Waals surface area contributed by atoms with E-state index in [0.717, 1.165) is 5.56 Å². The van der Waals surface area contributed by atoms with Gasteiger partial charge in [0.2, 0.25) is 5.95 Å². The zero-order chi connectivity index (χ0) is 20.9. The minimum absolute atomic E-state index is 0.0421. The zero-order valence-electron chi connectivity index (χ0n) is 16.2. The van der Waals surface area contributed by atoms with Gasteiger partial charge in [-0.25, -0.2) is 23.2 Å². The molecule has 2 aromatic carbocycles. The summed E-state index contributed by atoms with van der Waals surface area (Å²) in [6, 6.07) is 15.4. The topological polar surface area (TPSA) is 101 Å². The number of hydrogen-bond donors (Lipinski definition) is 2. The molecule has 0 aliphatic carbocycles. The van der Waals surface area contributed by atoms with Gasteiger partial charge in [-0.3, -0.25) is 5.32 Å². The molecule has 29 heavy (non-hydrogen) atoms. The molecule has 7 nitrogen and oxygen atoms in total. The van der Waals surface area contributed by atoms with E-state index in [1.54, 1.807) is 31.3 Å². The van der Waals surface area contributed by atoms with Crippen molar-refractivity contribution in [3.8, 4) is 11.1 Å². The van der Waals surface area contributed by atoms with E-state index in [2.05, 4.69) is 20.6 Å². The van der Waals surface area contributed by atoms with Gasteiger partial charge >= 0.3 is 6.03 Å². The van der Waals surface area contributed by atoms with Crippen LogP contribution in [0.1, 0.15) is 19.0 Å². The van der Waals surface area contributed by atoms with Crippen LogP contribution in [0.5, 0.6) is 0 Å². The summed E-state index contributed by atoms with van der Waals surface area (Å²) in [6.45, 7) is 3.60. The molecule has 0 saturated heterocycles. The molecule has 3 aromatic rings. The van der Waals surface area contributed by atoms with E-state index in [0.29, 0.717) is 23.4 Å². The molecule has 1 aromatic heterocycles. The Labute approximate surface area is 170 Å². The van der Waals surface area contributed by atoms with Crippen LogP contribution in [0.2, 0.25) is 0 Å². The lowest BCUT2D eigenvalue weighted by Crippen LogP contribution is -2.21. The lowest BCUT2D eigenvalue weighted by Gasteiger charge is -2.14. The van der Waals surface area contributed by atoms with Gasteiger partial charge in [0.25, 0.3) is 0 Å². The van der Waals surface area contributed by atoms with Crippen molar-refractivity contribution in [3.63, 3.8) is 0 Å². The number of aryl methyl sites for hydroxylation is 1. The average molecular weight is 410 g/mol. The van der Waals surface area contributed by atoms with E-state index >= 15 is 0 Å². The molecule has 0 bridgehead atoms. The molecule has 2 N–H and O–H groups in total. The van der Waals surface area contributed by atoms with Crippen LogP contribution in [0.25, 0.3) is 11.1 Å². The van der Waals surface area contributed by atoms with Crippen molar-refractivity contribution in [1.29, 1.82) is 0 Å². The number of amides is 2. The maximum Gasteiger partial charge on any atom is 0.326 e. The van der Waals surface area contributed by atoms with Crippen molar-refractivity contribution in [2.24, 2.45) is 0 Å². The predicted molar refractivity (Wildman–Crippen MR) is 114 cm³/mol. The fraction of sp³-hybridized carbons (Fsp3) is 0.190. The second-order valence-electron chi connectivity index (χ2n) is 6.49. The lowest BCUT2D eigenvalue weighted by atomic mass is 10.0. The fourth-order valence-electron chi connectivity index (χ4n) is 2.84. The van der Waals surface area contributed by atoms with Gasteiger partial charge in [0.1, 0.15) is 0 Å². The first-order chi connectivity index (χ1) is 13.9. The maximum atomic E-state index is 12.5. The summed E-state index contributed by atoms with van der Waals surface area (Å²) < 4.78 is 25.0. The molecule has 0 fully saturated rings. The van der Waals surface area contributed by atoms with E-state index in [-0.39, 0.29) is 16.6 Å². The van der Waals surface area contributed by atoms with Crippen molar-refractivity contribution < 1.29 is 13.2 Å². The monoisotopic (exact) mass is 410 g/mol. The van der Waals surface area contributed by atoms with Crippen LogP contribution >= 0.6 is 0 Å². The Morgan fingerprint density at radius 2 is 1.79 bits per heavy atom. The molecule has 2 amide bonds. The van der Waals surface area contributed by atoms with Crippen molar-refractivity contribution in [3.05, 3.63) is 66.5 Å². The van der Waals surface area contributed by atoms with Crippen molar-refractivity contribution in [1.82, 2.24) is 9.97 Å². The molecular formula is C21H22N4O3S. The Balaban J connectivity index is 1.96. The quantitative estimate of drug-likeness (QED) is 0.632. The standard InChI is InChI=1S/C21H22N4O3S/c1-3-13-29(27,28)17-9-10-18(16-7-5-4-6-8-16)19(14-17)24-21(26)25-20-22-12-11-15(2)23-20/h4-12,14H,3,13H2,1-2H3,(H2,22,23,24,25,26). The van der Waals surface area contributed by atoms with Crippen LogP contribution < -0.4 is 10.6 Å². The number of urea groups is 1. The van der Waals surface area contributed by atoms with Crippen molar-refractivity contribution in [2.75, 3.05) is 16.4 Å². The van der Waals surface area contributed by atoms with Crippen LogP contribution in [-0.2, 0) is 9.84 Å². The number of aromatic nitrogens is 2. The third-order valence-corrected chi connectivity index (χ3v) is 6.09. The van der Waals surface area contributed by atoms with Crippen LogP contribution in [0.3, 0.4) is 0 Å². The Bertz CT molecular complexity index is 1120. The number of nitrogens with one attached hydrogen (secondary N) is 2. The van der Waals surface area contributed by atoms with E-state index in [1.807, 2.05) is 37.3 Å². The largest absolute Gasteiger partial charge is 0.326 e. The second-order valence-corrected chi connectivity index (χ2v) is 8.60. The first kappa shape index (κ1) is 20.5. The number of sulfone groups is 1. The van der Waals surface area contributed by atoms with Crippen LogP contribution in [0, 0.1) is 6.92 Å². The van der Waals surface area contributed by atoms with Crippen LogP contribution in [-0.4, -0.2) is 30.2 Å². The van der Waals surface area contributed by atoms with Crippen molar-refractivity contribution >= 4 is 27.5 Å². The second kappa shape index (κ2) is 8.83. The SMILES string of the molecule is CCCS(=O)(=O)c1ccc(-c2ccccc2)c(NC(=O)Nc2nccc(C)n2)c1. The number of carbonyl (C=O) groups is 1. The van der Waals surface area contributed by atoms with Crippen molar-refractivity contribution in [2.45, 2.75) is 25.2 Å². The third-order valence-electron chi connectivity index (χ3n) is 4.18. The summed E-state index contributed by atoms with van der Waals surface area (Å²) in [5.74, 6) is 0.207. The third kappa shape index (κ3) is 5.17. The number of benzene rings is 2. The highest BCUT2D eigenvalue weighted by atomic mass is 32.2. The average Bonchev–Trinajstić information content (AvgIpc) is 2.68. The van der Waals surface area contributed by atoms with Gasteiger partial charge in [-0.15, -0.1) is 0 Å². The molecule has 3 rings (SSSR count). The minimum atomic E-state index is -3.43. The summed E-state index contributed by atoms with van der Waals surface area (Å²) >= 11 is 0. The molecular weight excluding hydrogens is 388 g/mol. The zero-order valence-corrected chi connectivity index (χ0v) is 17.0. The Morgan fingerprint density at radius 3 is 2.48 bits per heavy atom. The smallest absolute Gasteiger partial charge is 0.307 e. The Morgan fingerprint density at radius 1 is 1.03 bits per heavy atom. The fourth-order valence-corrected chi connectivity index (χ4v) is 4.19. The number of anilines is 2.